The first-order valence-corrected chi connectivity index (χ1v) is 11.3. The van der Waals surface area contributed by atoms with Crippen LogP contribution in [0.1, 0.15) is 12.0 Å². The molecular weight excluding hydrogens is 441 g/mol. The molecule has 2 aromatic carbocycles. The monoisotopic (exact) mass is 465 g/mol. The van der Waals surface area contributed by atoms with E-state index in [2.05, 4.69) is 10.6 Å². The van der Waals surface area contributed by atoms with E-state index >= 15 is 0 Å². The van der Waals surface area contributed by atoms with Crippen LogP contribution in [-0.2, 0) is 30.9 Å². The van der Waals surface area contributed by atoms with Crippen LogP contribution in [0.25, 0.3) is 0 Å². The Morgan fingerprint density at radius 3 is 2.59 bits per heavy atom. The van der Waals surface area contributed by atoms with Crippen molar-refractivity contribution in [2.45, 2.75) is 24.1 Å². The lowest BCUT2D eigenvalue weighted by molar-refractivity contribution is -0.140. The molecule has 1 heterocycles. The van der Waals surface area contributed by atoms with Crippen LogP contribution in [0.4, 0.5) is 4.39 Å². The van der Waals surface area contributed by atoms with Gasteiger partial charge in [0.2, 0.25) is 10.0 Å². The van der Waals surface area contributed by atoms with Gasteiger partial charge in [0.05, 0.1) is 25.2 Å². The Kier molecular flexibility index (Phi) is 7.78. The minimum absolute atomic E-state index is 0.0863. The SMILES string of the molecule is COc1cccc(CNC(=O)C(=O)NC[C@@H]2OCCCN2S(=O)(=O)c2ccc(F)cc2)c1. The third kappa shape index (κ3) is 5.81. The highest BCUT2D eigenvalue weighted by molar-refractivity contribution is 7.89. The number of nitrogens with zero attached hydrogens (tertiary/aromatic N) is 1. The van der Waals surface area contributed by atoms with Crippen LogP contribution in [0.5, 0.6) is 5.75 Å². The fourth-order valence-electron chi connectivity index (χ4n) is 3.15. The summed E-state index contributed by atoms with van der Waals surface area (Å²) in [6.45, 7) is 0.376. The van der Waals surface area contributed by atoms with Gasteiger partial charge < -0.3 is 20.1 Å². The van der Waals surface area contributed by atoms with Crippen molar-refractivity contribution in [3.8, 4) is 5.75 Å². The van der Waals surface area contributed by atoms with Crippen LogP contribution in [0.3, 0.4) is 0 Å². The zero-order chi connectivity index (χ0) is 23.1. The topological polar surface area (TPSA) is 114 Å². The normalized spacial score (nSPS) is 16.9. The molecule has 1 fully saturated rings. The molecule has 2 N–H and O–H groups in total. The number of methoxy groups -OCH3 is 1. The lowest BCUT2D eigenvalue weighted by Crippen LogP contribution is -2.53. The molecule has 1 saturated heterocycles. The van der Waals surface area contributed by atoms with E-state index in [1.54, 1.807) is 24.3 Å². The molecular formula is C21H24FN3O6S. The number of amides is 2. The number of sulfonamides is 1. The smallest absolute Gasteiger partial charge is 0.309 e. The minimum atomic E-state index is -3.97. The van der Waals surface area contributed by atoms with Crippen molar-refractivity contribution in [1.29, 1.82) is 0 Å². The molecule has 0 unspecified atom stereocenters. The van der Waals surface area contributed by atoms with E-state index in [0.29, 0.717) is 18.8 Å². The molecule has 2 amide bonds. The summed E-state index contributed by atoms with van der Waals surface area (Å²) in [5.74, 6) is -1.71. The Labute approximate surface area is 185 Å². The molecule has 32 heavy (non-hydrogen) atoms. The quantitative estimate of drug-likeness (QED) is 0.590. The second kappa shape index (κ2) is 10.5. The first kappa shape index (κ1) is 23.6. The summed E-state index contributed by atoms with van der Waals surface area (Å²) in [6, 6.07) is 11.5. The average Bonchev–Trinajstić information content (AvgIpc) is 2.81. The molecule has 9 nitrogen and oxygen atoms in total. The number of carbonyl (C=O) groups is 2. The van der Waals surface area contributed by atoms with E-state index in [4.69, 9.17) is 9.47 Å². The van der Waals surface area contributed by atoms with Crippen molar-refractivity contribution in [1.82, 2.24) is 14.9 Å². The average molecular weight is 466 g/mol. The fourth-order valence-corrected chi connectivity index (χ4v) is 4.72. The lowest BCUT2D eigenvalue weighted by atomic mass is 10.2. The van der Waals surface area contributed by atoms with Gasteiger partial charge in [0, 0.05) is 13.1 Å². The van der Waals surface area contributed by atoms with Crippen molar-refractivity contribution in [3.05, 3.63) is 59.9 Å². The maximum Gasteiger partial charge on any atom is 0.309 e. The zero-order valence-corrected chi connectivity index (χ0v) is 18.2. The Morgan fingerprint density at radius 2 is 1.88 bits per heavy atom. The fraction of sp³-hybridized carbons (Fsp3) is 0.333. The molecule has 3 rings (SSSR count). The van der Waals surface area contributed by atoms with Crippen molar-refractivity contribution >= 4 is 21.8 Å². The third-order valence-electron chi connectivity index (χ3n) is 4.81. The maximum absolute atomic E-state index is 13.2. The second-order valence-electron chi connectivity index (χ2n) is 6.99. The molecule has 1 aliphatic rings. The van der Waals surface area contributed by atoms with Crippen LogP contribution in [-0.4, -0.2) is 57.6 Å². The number of hydrogen-bond acceptors (Lipinski definition) is 6. The molecule has 0 aliphatic carbocycles. The molecule has 1 atom stereocenters. The molecule has 0 aromatic heterocycles. The van der Waals surface area contributed by atoms with Crippen LogP contribution >= 0.6 is 0 Å². The summed E-state index contributed by atoms with van der Waals surface area (Å²) in [5.41, 5.74) is 0.748. The van der Waals surface area contributed by atoms with E-state index in [1.807, 2.05) is 0 Å². The van der Waals surface area contributed by atoms with Gasteiger partial charge in [-0.3, -0.25) is 9.59 Å². The summed E-state index contributed by atoms with van der Waals surface area (Å²) in [6.07, 6.45) is -0.528. The lowest BCUT2D eigenvalue weighted by Gasteiger charge is -2.34. The predicted octanol–water partition coefficient (Wildman–Crippen LogP) is 1.00. The van der Waals surface area contributed by atoms with Gasteiger partial charge in [0.25, 0.3) is 0 Å². The molecule has 11 heteroatoms. The van der Waals surface area contributed by atoms with E-state index in [9.17, 15) is 22.4 Å². The molecule has 0 radical (unpaired) electrons. The van der Waals surface area contributed by atoms with E-state index in [1.165, 1.54) is 19.2 Å². The number of hydrogen-bond donors (Lipinski definition) is 2. The highest BCUT2D eigenvalue weighted by Gasteiger charge is 2.35. The molecule has 2 aromatic rings. The van der Waals surface area contributed by atoms with Gasteiger partial charge in [-0.1, -0.05) is 12.1 Å². The van der Waals surface area contributed by atoms with Gasteiger partial charge in [-0.25, -0.2) is 12.8 Å². The third-order valence-corrected chi connectivity index (χ3v) is 6.71. The van der Waals surface area contributed by atoms with E-state index in [-0.39, 0.29) is 24.5 Å². The second-order valence-corrected chi connectivity index (χ2v) is 8.88. The Morgan fingerprint density at radius 1 is 1.16 bits per heavy atom. The maximum atomic E-state index is 13.2. The van der Waals surface area contributed by atoms with Crippen LogP contribution in [0, 0.1) is 5.82 Å². The van der Waals surface area contributed by atoms with Crippen LogP contribution < -0.4 is 15.4 Å². The molecule has 0 spiro atoms. The van der Waals surface area contributed by atoms with Gasteiger partial charge >= 0.3 is 11.8 Å². The van der Waals surface area contributed by atoms with Crippen molar-refractivity contribution in [2.24, 2.45) is 0 Å². The standard InChI is InChI=1S/C21H24FN3O6S/c1-30-17-5-2-4-15(12-17)13-23-20(26)21(27)24-14-19-25(10-3-11-31-19)32(28,29)18-8-6-16(22)7-9-18/h2,4-9,12,19H,3,10-11,13-14H2,1H3,(H,23,26)(H,24,27)/t19-/m0/s1. The number of halogens is 1. The highest BCUT2D eigenvalue weighted by Crippen LogP contribution is 2.22. The summed E-state index contributed by atoms with van der Waals surface area (Å²) >= 11 is 0. The minimum Gasteiger partial charge on any atom is -0.497 e. The number of ether oxygens (including phenoxy) is 2. The highest BCUT2D eigenvalue weighted by atomic mass is 32.2. The van der Waals surface area contributed by atoms with Gasteiger partial charge in [-0.05, 0) is 48.4 Å². The van der Waals surface area contributed by atoms with Gasteiger partial charge in [-0.2, -0.15) is 4.31 Å². The molecule has 0 saturated carbocycles. The molecule has 0 bridgehead atoms. The van der Waals surface area contributed by atoms with Crippen LogP contribution in [0.2, 0.25) is 0 Å². The largest absolute Gasteiger partial charge is 0.497 e. The van der Waals surface area contributed by atoms with E-state index in [0.717, 1.165) is 22.0 Å². The Bertz CT molecular complexity index is 1060. The first-order valence-electron chi connectivity index (χ1n) is 9.89. The number of benzene rings is 2. The summed E-state index contributed by atoms with van der Waals surface area (Å²) in [7, 11) is -2.45. The molecule has 1 aliphatic heterocycles. The van der Waals surface area contributed by atoms with Crippen molar-refractivity contribution in [2.75, 3.05) is 26.8 Å². The summed E-state index contributed by atoms with van der Waals surface area (Å²) in [4.78, 5) is 24.2. The number of carbonyl (C=O) groups excluding carboxylic acids is 2. The van der Waals surface area contributed by atoms with Crippen molar-refractivity contribution < 1.29 is 31.9 Å². The van der Waals surface area contributed by atoms with Gasteiger partial charge in [0.15, 0.2) is 0 Å². The Hall–Kier alpha value is -3.02. The van der Waals surface area contributed by atoms with E-state index < -0.39 is 33.9 Å². The summed E-state index contributed by atoms with van der Waals surface area (Å²) in [5, 5.41) is 4.90. The summed E-state index contributed by atoms with van der Waals surface area (Å²) < 4.78 is 50.7. The van der Waals surface area contributed by atoms with Crippen molar-refractivity contribution in [3.63, 3.8) is 0 Å². The first-order chi connectivity index (χ1) is 15.3. The molecule has 172 valence electrons. The predicted molar refractivity (Wildman–Crippen MR) is 112 cm³/mol. The van der Waals surface area contributed by atoms with Gasteiger partial charge in [-0.15, -0.1) is 0 Å². The zero-order valence-electron chi connectivity index (χ0n) is 17.4. The number of nitrogens with one attached hydrogen (secondary N) is 2. The van der Waals surface area contributed by atoms with Gasteiger partial charge in [0.1, 0.15) is 17.8 Å². The van der Waals surface area contributed by atoms with Crippen LogP contribution in [0.15, 0.2) is 53.4 Å². The Balaban J connectivity index is 1.58. The number of rotatable bonds is 7.